The summed E-state index contributed by atoms with van der Waals surface area (Å²) in [6.07, 6.45) is -4.24. The summed E-state index contributed by atoms with van der Waals surface area (Å²) in [7, 11) is 1.33. The normalized spacial score (nSPS) is 11.6. The van der Waals surface area contributed by atoms with Gasteiger partial charge in [-0.3, -0.25) is 0 Å². The molecule has 0 fully saturated rings. The van der Waals surface area contributed by atoms with E-state index in [0.717, 1.165) is 11.4 Å². The molecule has 1 rings (SSSR count). The fraction of sp³-hybridized carbons (Fsp3) is 0.600. The lowest BCUT2D eigenvalue weighted by molar-refractivity contribution is -0.119. The Labute approximate surface area is 97.8 Å². The van der Waals surface area contributed by atoms with E-state index < -0.39 is 12.7 Å². The summed E-state index contributed by atoms with van der Waals surface area (Å²) in [5.41, 5.74) is 0.705. The summed E-state index contributed by atoms with van der Waals surface area (Å²) >= 11 is 0. The van der Waals surface area contributed by atoms with Crippen LogP contribution in [-0.4, -0.2) is 36.5 Å². The van der Waals surface area contributed by atoms with Gasteiger partial charge in [-0.25, -0.2) is 0 Å². The van der Waals surface area contributed by atoms with Gasteiger partial charge in [0.1, 0.15) is 6.54 Å². The maximum atomic E-state index is 12.1. The number of alkyl halides is 3. The molecule has 0 radical (unpaired) electrons. The lowest BCUT2D eigenvalue weighted by atomic mass is 10.3. The van der Waals surface area contributed by atoms with Gasteiger partial charge in [0.05, 0.1) is 5.69 Å². The van der Waals surface area contributed by atoms with Gasteiger partial charge in [0, 0.05) is 13.6 Å². The molecule has 0 saturated heterocycles. The van der Waals surface area contributed by atoms with Crippen molar-refractivity contribution in [1.82, 2.24) is 15.5 Å². The summed E-state index contributed by atoms with van der Waals surface area (Å²) in [5.74, 6) is 0.211. The molecule has 17 heavy (non-hydrogen) atoms. The van der Waals surface area contributed by atoms with Crippen LogP contribution in [0, 0.1) is 0 Å². The van der Waals surface area contributed by atoms with Crippen molar-refractivity contribution in [1.29, 1.82) is 0 Å². The molecule has 1 aromatic heterocycles. The molecule has 7 heteroatoms. The van der Waals surface area contributed by atoms with Crippen LogP contribution in [0.3, 0.4) is 0 Å². The van der Waals surface area contributed by atoms with Gasteiger partial charge in [-0.1, -0.05) is 6.92 Å². The third kappa shape index (κ3) is 4.99. The van der Waals surface area contributed by atoms with Crippen LogP contribution in [0.15, 0.2) is 12.1 Å². The van der Waals surface area contributed by atoms with E-state index in [9.17, 15) is 13.2 Å². The summed E-state index contributed by atoms with van der Waals surface area (Å²) in [6, 6.07) is 3.20. The molecule has 0 amide bonds. The van der Waals surface area contributed by atoms with Crippen LogP contribution in [0.2, 0.25) is 0 Å². The molecule has 0 saturated carbocycles. The number of hydrogen-bond donors (Lipinski definition) is 1. The first-order valence-electron chi connectivity index (χ1n) is 5.23. The molecule has 0 bridgehead atoms. The summed E-state index contributed by atoms with van der Waals surface area (Å²) in [4.78, 5) is 1.02. The van der Waals surface area contributed by atoms with Crippen LogP contribution < -0.4 is 10.2 Å². The zero-order chi connectivity index (χ0) is 12.9. The van der Waals surface area contributed by atoms with Crippen molar-refractivity contribution in [2.24, 2.45) is 0 Å². The van der Waals surface area contributed by atoms with E-state index in [0.29, 0.717) is 12.2 Å². The van der Waals surface area contributed by atoms with E-state index >= 15 is 0 Å². The second-order valence-corrected chi connectivity index (χ2v) is 3.63. The third-order valence-corrected chi connectivity index (χ3v) is 2.07. The Morgan fingerprint density at radius 2 is 2.00 bits per heavy atom. The second kappa shape index (κ2) is 5.81. The van der Waals surface area contributed by atoms with E-state index in [-0.39, 0.29) is 5.82 Å². The molecule has 0 atom stereocenters. The van der Waals surface area contributed by atoms with Crippen molar-refractivity contribution in [3.63, 3.8) is 0 Å². The van der Waals surface area contributed by atoms with Gasteiger partial charge >= 0.3 is 6.18 Å². The average Bonchev–Trinajstić information content (AvgIpc) is 2.24. The molecule has 0 spiro atoms. The summed E-state index contributed by atoms with van der Waals surface area (Å²) in [6.45, 7) is 2.29. The van der Waals surface area contributed by atoms with Gasteiger partial charge in [0.2, 0.25) is 0 Å². The quantitative estimate of drug-likeness (QED) is 0.859. The Kier molecular flexibility index (Phi) is 4.68. The van der Waals surface area contributed by atoms with E-state index in [1.807, 2.05) is 6.92 Å². The maximum Gasteiger partial charge on any atom is 0.405 e. The van der Waals surface area contributed by atoms with Crippen molar-refractivity contribution >= 4 is 5.82 Å². The molecule has 1 aromatic rings. The molecule has 1 heterocycles. The Bertz CT molecular complexity index is 336. The maximum absolute atomic E-state index is 12.1. The van der Waals surface area contributed by atoms with E-state index in [4.69, 9.17) is 0 Å². The van der Waals surface area contributed by atoms with Crippen LogP contribution in [-0.2, 0) is 6.54 Å². The molecule has 1 N–H and O–H groups in total. The molecule has 0 aromatic carbocycles. The van der Waals surface area contributed by atoms with Crippen molar-refractivity contribution in [3.05, 3.63) is 17.8 Å². The number of halogens is 3. The molecule has 0 aliphatic heterocycles. The van der Waals surface area contributed by atoms with Gasteiger partial charge in [-0.2, -0.15) is 18.3 Å². The number of anilines is 1. The van der Waals surface area contributed by atoms with Gasteiger partial charge in [0.15, 0.2) is 5.82 Å². The minimum Gasteiger partial charge on any atom is -0.349 e. The fourth-order valence-electron chi connectivity index (χ4n) is 1.25. The van der Waals surface area contributed by atoms with Crippen LogP contribution in [0.4, 0.5) is 19.0 Å². The first-order valence-corrected chi connectivity index (χ1v) is 5.23. The molecular formula is C10H15F3N4. The van der Waals surface area contributed by atoms with Crippen LogP contribution >= 0.6 is 0 Å². The minimum atomic E-state index is -4.24. The highest BCUT2D eigenvalue weighted by Gasteiger charge is 2.29. The summed E-state index contributed by atoms with van der Waals surface area (Å²) in [5, 5.41) is 10.7. The van der Waals surface area contributed by atoms with Crippen LogP contribution in [0.5, 0.6) is 0 Å². The van der Waals surface area contributed by atoms with Crippen molar-refractivity contribution < 1.29 is 13.2 Å². The van der Waals surface area contributed by atoms with E-state index in [2.05, 4.69) is 15.5 Å². The zero-order valence-corrected chi connectivity index (χ0v) is 9.75. The van der Waals surface area contributed by atoms with Crippen LogP contribution in [0.1, 0.15) is 12.6 Å². The second-order valence-electron chi connectivity index (χ2n) is 3.63. The first kappa shape index (κ1) is 13.7. The zero-order valence-electron chi connectivity index (χ0n) is 9.75. The van der Waals surface area contributed by atoms with Crippen LogP contribution in [0.25, 0.3) is 0 Å². The minimum absolute atomic E-state index is 0.211. The Morgan fingerprint density at radius 3 is 2.47 bits per heavy atom. The Balaban J connectivity index is 2.60. The van der Waals surface area contributed by atoms with E-state index in [1.165, 1.54) is 13.1 Å². The number of hydrogen-bond acceptors (Lipinski definition) is 4. The Morgan fingerprint density at radius 1 is 1.29 bits per heavy atom. The largest absolute Gasteiger partial charge is 0.405 e. The lowest BCUT2D eigenvalue weighted by Gasteiger charge is -2.19. The third-order valence-electron chi connectivity index (χ3n) is 2.07. The van der Waals surface area contributed by atoms with Crippen molar-refractivity contribution in [2.45, 2.75) is 19.6 Å². The SMILES string of the molecule is CCNCc1ccc(N(C)CC(F)(F)F)nn1. The molecular weight excluding hydrogens is 233 g/mol. The number of rotatable bonds is 5. The Hall–Kier alpha value is -1.37. The highest BCUT2D eigenvalue weighted by atomic mass is 19.4. The molecule has 4 nitrogen and oxygen atoms in total. The van der Waals surface area contributed by atoms with Crippen molar-refractivity contribution in [2.75, 3.05) is 25.0 Å². The van der Waals surface area contributed by atoms with Crippen molar-refractivity contribution in [3.8, 4) is 0 Å². The average molecular weight is 248 g/mol. The monoisotopic (exact) mass is 248 g/mol. The van der Waals surface area contributed by atoms with Gasteiger partial charge in [0.25, 0.3) is 0 Å². The number of nitrogens with zero attached hydrogens (tertiary/aromatic N) is 3. The molecule has 0 aliphatic carbocycles. The smallest absolute Gasteiger partial charge is 0.349 e. The highest BCUT2D eigenvalue weighted by Crippen LogP contribution is 2.18. The van der Waals surface area contributed by atoms with Gasteiger partial charge in [-0.05, 0) is 18.7 Å². The highest BCUT2D eigenvalue weighted by molar-refractivity contribution is 5.36. The topological polar surface area (TPSA) is 41.0 Å². The predicted octanol–water partition coefficient (Wildman–Crippen LogP) is 1.58. The first-order chi connectivity index (χ1) is 7.92. The van der Waals surface area contributed by atoms with Gasteiger partial charge < -0.3 is 10.2 Å². The molecule has 0 aliphatic rings. The standard InChI is InChI=1S/C10H15F3N4/c1-3-14-6-8-4-5-9(16-15-8)17(2)7-10(11,12)13/h4-5,14H,3,6-7H2,1-2H3. The summed E-state index contributed by atoms with van der Waals surface area (Å²) < 4.78 is 36.4. The molecule has 0 unspecified atom stereocenters. The number of aromatic nitrogens is 2. The number of nitrogens with one attached hydrogen (secondary N) is 1. The molecule has 96 valence electrons. The van der Waals surface area contributed by atoms with Gasteiger partial charge in [-0.15, -0.1) is 5.10 Å². The predicted molar refractivity (Wildman–Crippen MR) is 58.7 cm³/mol. The fourth-order valence-corrected chi connectivity index (χ4v) is 1.25. The lowest BCUT2D eigenvalue weighted by Crippen LogP contribution is -2.31. The van der Waals surface area contributed by atoms with E-state index in [1.54, 1.807) is 6.07 Å².